The van der Waals surface area contributed by atoms with E-state index in [9.17, 15) is 5.11 Å². The zero-order valence-corrected chi connectivity index (χ0v) is 10.6. The predicted octanol–water partition coefficient (Wildman–Crippen LogP) is 0.526. The summed E-state index contributed by atoms with van der Waals surface area (Å²) >= 11 is 0. The molecule has 1 aromatic carbocycles. The third-order valence-corrected chi connectivity index (χ3v) is 3.26. The Bertz CT molecular complexity index is 576. The molecule has 0 bridgehead atoms. The van der Waals surface area contributed by atoms with Crippen molar-refractivity contribution in [2.75, 3.05) is 25.6 Å². The van der Waals surface area contributed by atoms with Gasteiger partial charge in [-0.05, 0) is 18.2 Å². The van der Waals surface area contributed by atoms with Gasteiger partial charge in [0.1, 0.15) is 12.4 Å². The van der Waals surface area contributed by atoms with Gasteiger partial charge in [-0.15, -0.1) is 0 Å². The summed E-state index contributed by atoms with van der Waals surface area (Å²) < 4.78 is 13.0. The van der Waals surface area contributed by atoms with Gasteiger partial charge >= 0.3 is 0 Å². The van der Waals surface area contributed by atoms with Gasteiger partial charge in [-0.3, -0.25) is 0 Å². The number of anilines is 1. The smallest absolute Gasteiger partial charge is 0.135 e. The molecule has 6 heteroatoms. The fraction of sp³-hybridized carbons (Fsp3) is 0.462. The maximum absolute atomic E-state index is 9.43. The second-order valence-corrected chi connectivity index (χ2v) is 4.61. The monoisotopic (exact) mass is 263 g/mol. The third kappa shape index (κ3) is 2.42. The van der Waals surface area contributed by atoms with E-state index in [1.54, 1.807) is 0 Å². The van der Waals surface area contributed by atoms with Crippen molar-refractivity contribution in [1.82, 2.24) is 9.55 Å². The SMILES string of the molecule is Nc1ccc2c(c1)nc(CO)n2CC1COCCO1. The Hall–Kier alpha value is -1.63. The van der Waals surface area contributed by atoms with Crippen LogP contribution in [0.1, 0.15) is 5.82 Å². The maximum atomic E-state index is 9.43. The lowest BCUT2D eigenvalue weighted by Gasteiger charge is -2.24. The summed E-state index contributed by atoms with van der Waals surface area (Å²) in [5, 5.41) is 9.43. The highest BCUT2D eigenvalue weighted by Crippen LogP contribution is 2.20. The van der Waals surface area contributed by atoms with E-state index in [2.05, 4.69) is 4.98 Å². The number of ether oxygens (including phenoxy) is 2. The van der Waals surface area contributed by atoms with Crippen LogP contribution in [0.5, 0.6) is 0 Å². The van der Waals surface area contributed by atoms with Crippen LogP contribution >= 0.6 is 0 Å². The lowest BCUT2D eigenvalue weighted by molar-refractivity contribution is -0.0936. The first-order valence-electron chi connectivity index (χ1n) is 6.33. The van der Waals surface area contributed by atoms with Crippen molar-refractivity contribution in [1.29, 1.82) is 0 Å². The van der Waals surface area contributed by atoms with Gasteiger partial charge in [0.25, 0.3) is 0 Å². The molecule has 1 aliphatic heterocycles. The number of imidazole rings is 1. The number of nitrogens with zero attached hydrogens (tertiary/aromatic N) is 2. The van der Waals surface area contributed by atoms with E-state index in [4.69, 9.17) is 15.2 Å². The van der Waals surface area contributed by atoms with Crippen LogP contribution in [0.4, 0.5) is 5.69 Å². The van der Waals surface area contributed by atoms with E-state index < -0.39 is 0 Å². The Morgan fingerprint density at radius 2 is 2.32 bits per heavy atom. The summed E-state index contributed by atoms with van der Waals surface area (Å²) in [5.41, 5.74) is 8.16. The van der Waals surface area contributed by atoms with Crippen LogP contribution in [0.15, 0.2) is 18.2 Å². The zero-order valence-electron chi connectivity index (χ0n) is 10.6. The van der Waals surface area contributed by atoms with E-state index in [-0.39, 0.29) is 12.7 Å². The van der Waals surface area contributed by atoms with Crippen LogP contribution in [-0.4, -0.2) is 40.6 Å². The quantitative estimate of drug-likeness (QED) is 0.789. The van der Waals surface area contributed by atoms with E-state index in [1.165, 1.54) is 0 Å². The molecule has 0 radical (unpaired) electrons. The van der Waals surface area contributed by atoms with Gasteiger partial charge in [0, 0.05) is 5.69 Å². The molecule has 6 nitrogen and oxygen atoms in total. The zero-order chi connectivity index (χ0) is 13.2. The van der Waals surface area contributed by atoms with Crippen molar-refractivity contribution < 1.29 is 14.6 Å². The summed E-state index contributed by atoms with van der Waals surface area (Å²) in [6.45, 7) is 2.33. The number of aliphatic hydroxyl groups excluding tert-OH is 1. The molecule has 19 heavy (non-hydrogen) atoms. The van der Waals surface area contributed by atoms with Crippen LogP contribution in [0, 0.1) is 0 Å². The average Bonchev–Trinajstić information content (AvgIpc) is 2.77. The standard InChI is InChI=1S/C13H17N3O3/c14-9-1-2-12-11(5-9)15-13(7-17)16(12)6-10-8-18-3-4-19-10/h1-2,5,10,17H,3-4,6-8,14H2. The van der Waals surface area contributed by atoms with Crippen molar-refractivity contribution in [2.24, 2.45) is 0 Å². The van der Waals surface area contributed by atoms with Gasteiger partial charge in [-0.1, -0.05) is 0 Å². The molecule has 0 aliphatic carbocycles. The fourth-order valence-corrected chi connectivity index (χ4v) is 2.37. The van der Waals surface area contributed by atoms with Crippen molar-refractivity contribution in [3.8, 4) is 0 Å². The number of aromatic nitrogens is 2. The molecule has 102 valence electrons. The third-order valence-electron chi connectivity index (χ3n) is 3.26. The molecule has 2 aromatic rings. The molecular formula is C13H17N3O3. The predicted molar refractivity (Wildman–Crippen MR) is 70.6 cm³/mol. The second-order valence-electron chi connectivity index (χ2n) is 4.61. The largest absolute Gasteiger partial charge is 0.399 e. The first-order chi connectivity index (χ1) is 9.28. The fourth-order valence-electron chi connectivity index (χ4n) is 2.37. The lowest BCUT2D eigenvalue weighted by Crippen LogP contribution is -2.32. The normalized spacial score (nSPS) is 19.9. The van der Waals surface area contributed by atoms with Gasteiger partial charge in [-0.25, -0.2) is 4.98 Å². The summed E-state index contributed by atoms with van der Waals surface area (Å²) in [4.78, 5) is 4.39. The first kappa shape index (κ1) is 12.4. The molecule has 1 atom stereocenters. The van der Waals surface area contributed by atoms with Crippen LogP contribution in [0.2, 0.25) is 0 Å². The van der Waals surface area contributed by atoms with Crippen LogP contribution in [0.25, 0.3) is 11.0 Å². The number of hydrogen-bond donors (Lipinski definition) is 2. The minimum Gasteiger partial charge on any atom is -0.399 e. The number of benzene rings is 1. The molecule has 0 saturated carbocycles. The Morgan fingerprint density at radius 3 is 3.05 bits per heavy atom. The molecule has 1 fully saturated rings. The molecule has 2 heterocycles. The first-order valence-corrected chi connectivity index (χ1v) is 6.33. The molecule has 1 aliphatic rings. The Kier molecular flexibility index (Phi) is 3.37. The molecule has 0 amide bonds. The maximum Gasteiger partial charge on any atom is 0.135 e. The molecule has 1 aromatic heterocycles. The van der Waals surface area contributed by atoms with Gasteiger partial charge < -0.3 is 24.9 Å². The van der Waals surface area contributed by atoms with E-state index in [0.29, 0.717) is 37.9 Å². The number of fused-ring (bicyclic) bond motifs is 1. The van der Waals surface area contributed by atoms with Crippen molar-refractivity contribution in [3.63, 3.8) is 0 Å². The number of rotatable bonds is 3. The summed E-state index contributed by atoms with van der Waals surface area (Å²) in [6, 6.07) is 5.56. The molecular weight excluding hydrogens is 246 g/mol. The van der Waals surface area contributed by atoms with E-state index in [1.807, 2.05) is 22.8 Å². The van der Waals surface area contributed by atoms with Gasteiger partial charge in [-0.2, -0.15) is 0 Å². The number of nitrogens with two attached hydrogens (primary N) is 1. The number of nitrogen functional groups attached to an aromatic ring is 1. The number of aliphatic hydroxyl groups is 1. The molecule has 3 rings (SSSR count). The van der Waals surface area contributed by atoms with E-state index in [0.717, 1.165) is 11.0 Å². The molecule has 0 spiro atoms. The Labute approximate surface area is 110 Å². The van der Waals surface area contributed by atoms with Crippen LogP contribution < -0.4 is 5.73 Å². The van der Waals surface area contributed by atoms with E-state index >= 15 is 0 Å². The van der Waals surface area contributed by atoms with Crippen molar-refractivity contribution in [3.05, 3.63) is 24.0 Å². The number of hydrogen-bond acceptors (Lipinski definition) is 5. The topological polar surface area (TPSA) is 82.5 Å². The minimum atomic E-state index is -0.109. The molecule has 1 unspecified atom stereocenters. The van der Waals surface area contributed by atoms with Gasteiger partial charge in [0.2, 0.25) is 0 Å². The van der Waals surface area contributed by atoms with Crippen molar-refractivity contribution in [2.45, 2.75) is 19.3 Å². The summed E-state index contributed by atoms with van der Waals surface area (Å²) in [7, 11) is 0. The summed E-state index contributed by atoms with van der Waals surface area (Å²) in [6.07, 6.45) is -0.00555. The molecule has 1 saturated heterocycles. The second kappa shape index (κ2) is 5.16. The average molecular weight is 263 g/mol. The van der Waals surface area contributed by atoms with Crippen LogP contribution in [-0.2, 0) is 22.6 Å². The highest BCUT2D eigenvalue weighted by Gasteiger charge is 2.18. The van der Waals surface area contributed by atoms with Gasteiger partial charge in [0.05, 0.1) is 43.5 Å². The lowest BCUT2D eigenvalue weighted by atomic mass is 10.2. The summed E-state index contributed by atoms with van der Waals surface area (Å²) in [5.74, 6) is 0.620. The highest BCUT2D eigenvalue weighted by atomic mass is 16.6. The Morgan fingerprint density at radius 1 is 1.42 bits per heavy atom. The Balaban J connectivity index is 1.95. The highest BCUT2D eigenvalue weighted by molar-refractivity contribution is 5.79. The van der Waals surface area contributed by atoms with Gasteiger partial charge in [0.15, 0.2) is 0 Å². The van der Waals surface area contributed by atoms with Crippen molar-refractivity contribution >= 4 is 16.7 Å². The molecule has 3 N–H and O–H groups in total. The van der Waals surface area contributed by atoms with Crippen LogP contribution in [0.3, 0.4) is 0 Å². The minimum absolute atomic E-state index is 0.00555.